The molecule has 2 atom stereocenters. The highest BCUT2D eigenvalue weighted by Gasteiger charge is 2.23. The second kappa shape index (κ2) is 6.63. The summed E-state index contributed by atoms with van der Waals surface area (Å²) < 4.78 is 0. The number of hydrogen-bond donors (Lipinski definition) is 3. The first kappa shape index (κ1) is 15.6. The van der Waals surface area contributed by atoms with Crippen molar-refractivity contribution in [3.05, 3.63) is 27.7 Å². The zero-order chi connectivity index (χ0) is 13.9. The second-order valence-corrected chi connectivity index (χ2v) is 5.64. The van der Waals surface area contributed by atoms with E-state index in [1.54, 1.807) is 0 Å². The van der Waals surface area contributed by atoms with Crippen molar-refractivity contribution in [1.82, 2.24) is 0 Å². The van der Waals surface area contributed by atoms with E-state index in [0.717, 1.165) is 11.8 Å². The van der Waals surface area contributed by atoms with Crippen molar-refractivity contribution in [2.45, 2.75) is 19.1 Å². The number of aliphatic hydroxyl groups excluding tert-OH is 2. The molecule has 0 aliphatic rings. The van der Waals surface area contributed by atoms with Gasteiger partial charge in [-0.3, -0.25) is 4.79 Å². The van der Waals surface area contributed by atoms with Crippen LogP contribution in [0.4, 0.5) is 5.69 Å². The van der Waals surface area contributed by atoms with Crippen molar-refractivity contribution < 1.29 is 15.0 Å². The molecule has 0 heterocycles. The number of rotatable bonds is 4. The van der Waals surface area contributed by atoms with Gasteiger partial charge in [-0.25, -0.2) is 0 Å². The summed E-state index contributed by atoms with van der Waals surface area (Å²) in [5.41, 5.74) is 6.14. The van der Waals surface area contributed by atoms with Crippen molar-refractivity contribution in [2.75, 3.05) is 11.5 Å². The Morgan fingerprint density at radius 2 is 2.00 bits per heavy atom. The molecule has 1 aromatic rings. The molecule has 0 amide bonds. The number of halogens is 2. The molecule has 0 aliphatic heterocycles. The summed E-state index contributed by atoms with van der Waals surface area (Å²) in [5, 5.41) is 19.8. The molecule has 0 radical (unpaired) electrons. The van der Waals surface area contributed by atoms with E-state index in [1.165, 1.54) is 19.1 Å². The predicted octanol–water partition coefficient (Wildman–Crippen LogP) is 2.25. The van der Waals surface area contributed by atoms with Gasteiger partial charge in [-0.2, -0.15) is 0 Å². The lowest BCUT2D eigenvalue weighted by molar-refractivity contribution is -0.109. The fraction of sp³-hybridized carbons (Fsp3) is 0.364. The minimum Gasteiger partial charge on any atom is -0.397 e. The first-order valence-corrected chi connectivity index (χ1v) is 6.81. The van der Waals surface area contributed by atoms with Gasteiger partial charge in [-0.05, 0) is 6.07 Å². The van der Waals surface area contributed by atoms with E-state index in [0.29, 0.717) is 5.69 Å². The SMILES string of the molecule is CC(=O)SCC(O)C(O)c1ccc(N)c(Cl)c1Cl. The molecule has 0 aliphatic carbocycles. The molecule has 0 bridgehead atoms. The third-order valence-corrected chi connectivity index (χ3v) is 4.11. The molecule has 4 nitrogen and oxygen atoms in total. The van der Waals surface area contributed by atoms with Gasteiger partial charge in [0, 0.05) is 18.2 Å². The largest absolute Gasteiger partial charge is 0.397 e. The Morgan fingerprint density at radius 1 is 1.39 bits per heavy atom. The van der Waals surface area contributed by atoms with Crippen LogP contribution in [0.25, 0.3) is 0 Å². The van der Waals surface area contributed by atoms with Crippen LogP contribution in [0.15, 0.2) is 12.1 Å². The quantitative estimate of drug-likeness (QED) is 0.743. The van der Waals surface area contributed by atoms with Crippen LogP contribution in [0.1, 0.15) is 18.6 Å². The van der Waals surface area contributed by atoms with Crippen LogP contribution in [0.5, 0.6) is 0 Å². The number of hydrogen-bond acceptors (Lipinski definition) is 5. The molecule has 0 saturated carbocycles. The maximum atomic E-state index is 10.8. The predicted molar refractivity (Wildman–Crippen MR) is 75.0 cm³/mol. The molecule has 1 rings (SSSR count). The molecule has 0 saturated heterocycles. The number of nitrogen functional groups attached to an aromatic ring is 1. The summed E-state index contributed by atoms with van der Waals surface area (Å²) in [4.78, 5) is 10.8. The number of aliphatic hydroxyl groups is 2. The van der Waals surface area contributed by atoms with Gasteiger partial charge in [0.25, 0.3) is 0 Å². The number of nitrogens with two attached hydrogens (primary N) is 1. The Balaban J connectivity index is 2.86. The number of thioether (sulfide) groups is 1. The zero-order valence-electron chi connectivity index (χ0n) is 9.56. The van der Waals surface area contributed by atoms with E-state index in [2.05, 4.69) is 0 Å². The van der Waals surface area contributed by atoms with Gasteiger partial charge in [-0.15, -0.1) is 0 Å². The fourth-order valence-electron chi connectivity index (χ4n) is 1.31. The van der Waals surface area contributed by atoms with Gasteiger partial charge in [0.15, 0.2) is 5.12 Å². The van der Waals surface area contributed by atoms with Crippen molar-refractivity contribution in [3.63, 3.8) is 0 Å². The van der Waals surface area contributed by atoms with Crippen LogP contribution in [0.3, 0.4) is 0 Å². The van der Waals surface area contributed by atoms with Crippen LogP contribution in [-0.2, 0) is 4.79 Å². The lowest BCUT2D eigenvalue weighted by atomic mass is 10.0. The third-order valence-electron chi connectivity index (χ3n) is 2.28. The lowest BCUT2D eigenvalue weighted by Gasteiger charge is -2.19. The Kier molecular flexibility index (Phi) is 5.75. The van der Waals surface area contributed by atoms with Crippen LogP contribution in [0, 0.1) is 0 Å². The number of benzene rings is 1. The Morgan fingerprint density at radius 3 is 2.56 bits per heavy atom. The Hall–Kier alpha value is -0.460. The summed E-state index contributed by atoms with van der Waals surface area (Å²) in [6.07, 6.45) is -2.33. The van der Waals surface area contributed by atoms with E-state index in [1.807, 2.05) is 0 Å². The smallest absolute Gasteiger partial charge is 0.185 e. The maximum absolute atomic E-state index is 10.8. The van der Waals surface area contributed by atoms with E-state index in [4.69, 9.17) is 28.9 Å². The summed E-state index contributed by atoms with van der Waals surface area (Å²) >= 11 is 12.7. The fourth-order valence-corrected chi connectivity index (χ4v) is 2.35. The van der Waals surface area contributed by atoms with E-state index in [-0.39, 0.29) is 26.5 Å². The van der Waals surface area contributed by atoms with Gasteiger partial charge in [-0.1, -0.05) is 41.0 Å². The molecule has 18 heavy (non-hydrogen) atoms. The minimum atomic E-state index is -1.22. The number of carbonyl (C=O) groups excluding carboxylic acids is 1. The van der Waals surface area contributed by atoms with Gasteiger partial charge < -0.3 is 15.9 Å². The normalized spacial score (nSPS) is 14.3. The molecule has 4 N–H and O–H groups in total. The van der Waals surface area contributed by atoms with Gasteiger partial charge in [0.2, 0.25) is 0 Å². The molecule has 1 aromatic carbocycles. The minimum absolute atomic E-state index is 0.0782. The first-order valence-electron chi connectivity index (χ1n) is 5.07. The van der Waals surface area contributed by atoms with Crippen molar-refractivity contribution in [3.8, 4) is 0 Å². The maximum Gasteiger partial charge on any atom is 0.185 e. The lowest BCUT2D eigenvalue weighted by Crippen LogP contribution is -2.21. The monoisotopic (exact) mass is 309 g/mol. The summed E-state index contributed by atoms with van der Waals surface area (Å²) in [6, 6.07) is 2.99. The number of carbonyl (C=O) groups is 1. The van der Waals surface area contributed by atoms with Crippen LogP contribution in [0.2, 0.25) is 10.0 Å². The topological polar surface area (TPSA) is 83.5 Å². The molecular formula is C11H13Cl2NO3S. The standard InChI is InChI=1S/C11H13Cl2NO3S/c1-5(15)18-4-8(16)11(17)6-2-3-7(14)10(13)9(6)12/h2-3,8,11,16-17H,4,14H2,1H3. The Bertz CT molecular complexity index is 456. The average Bonchev–Trinajstić information content (AvgIpc) is 2.32. The van der Waals surface area contributed by atoms with Crippen molar-refractivity contribution in [1.29, 1.82) is 0 Å². The van der Waals surface area contributed by atoms with Gasteiger partial charge in [0.1, 0.15) is 6.10 Å². The molecule has 7 heteroatoms. The van der Waals surface area contributed by atoms with E-state index < -0.39 is 12.2 Å². The van der Waals surface area contributed by atoms with Gasteiger partial charge >= 0.3 is 0 Å². The van der Waals surface area contributed by atoms with Gasteiger partial charge in [0.05, 0.1) is 21.8 Å². The molecule has 0 aromatic heterocycles. The van der Waals surface area contributed by atoms with E-state index in [9.17, 15) is 15.0 Å². The zero-order valence-corrected chi connectivity index (χ0v) is 11.9. The first-order chi connectivity index (χ1) is 8.34. The van der Waals surface area contributed by atoms with Crippen LogP contribution < -0.4 is 5.73 Å². The summed E-state index contributed by atoms with van der Waals surface area (Å²) in [6.45, 7) is 1.39. The Labute approximate surface area is 119 Å². The summed E-state index contributed by atoms with van der Waals surface area (Å²) in [5.74, 6) is 0.0782. The van der Waals surface area contributed by atoms with Crippen molar-refractivity contribution >= 4 is 45.8 Å². The van der Waals surface area contributed by atoms with Crippen LogP contribution >= 0.6 is 35.0 Å². The molecule has 100 valence electrons. The third kappa shape index (κ3) is 3.76. The van der Waals surface area contributed by atoms with E-state index >= 15 is 0 Å². The number of anilines is 1. The highest BCUT2D eigenvalue weighted by atomic mass is 35.5. The molecule has 2 unspecified atom stereocenters. The molecular weight excluding hydrogens is 297 g/mol. The van der Waals surface area contributed by atoms with Crippen LogP contribution in [-0.4, -0.2) is 27.2 Å². The average molecular weight is 310 g/mol. The summed E-state index contributed by atoms with van der Waals surface area (Å²) in [7, 11) is 0. The highest BCUT2D eigenvalue weighted by Crippen LogP contribution is 2.35. The molecule has 0 spiro atoms. The second-order valence-electron chi connectivity index (χ2n) is 3.69. The molecule has 0 fully saturated rings. The highest BCUT2D eigenvalue weighted by molar-refractivity contribution is 8.13. The van der Waals surface area contributed by atoms with Crippen molar-refractivity contribution in [2.24, 2.45) is 0 Å².